The second kappa shape index (κ2) is 9.24. The topological polar surface area (TPSA) is 85.9 Å². The zero-order valence-corrected chi connectivity index (χ0v) is 15.6. The molecule has 0 saturated heterocycles. The van der Waals surface area contributed by atoms with Crippen LogP contribution in [-0.2, 0) is 11.2 Å². The SMILES string of the molecule is CN(C)CCc1c[nH]c2cccc(OC(=O)N(C)CCCCC(=O)O)c12. The molecule has 0 saturated carbocycles. The van der Waals surface area contributed by atoms with Crippen molar-refractivity contribution in [3.8, 4) is 5.75 Å². The molecule has 1 aromatic heterocycles. The highest BCUT2D eigenvalue weighted by atomic mass is 16.6. The molecule has 1 heterocycles. The van der Waals surface area contributed by atoms with Gasteiger partial charge in [-0.1, -0.05) is 6.07 Å². The van der Waals surface area contributed by atoms with Crippen molar-refractivity contribution in [3.05, 3.63) is 30.0 Å². The van der Waals surface area contributed by atoms with E-state index in [1.807, 2.05) is 32.4 Å². The quantitative estimate of drug-likeness (QED) is 0.671. The molecule has 0 aliphatic heterocycles. The van der Waals surface area contributed by atoms with Crippen LogP contribution in [0.3, 0.4) is 0 Å². The number of aromatic nitrogens is 1. The first-order valence-corrected chi connectivity index (χ1v) is 8.77. The lowest BCUT2D eigenvalue weighted by Gasteiger charge is -2.17. The van der Waals surface area contributed by atoms with Crippen molar-refractivity contribution in [1.82, 2.24) is 14.8 Å². The molecule has 2 rings (SSSR count). The molecule has 0 aliphatic rings. The number of hydrogen-bond donors (Lipinski definition) is 2. The van der Waals surface area contributed by atoms with Crippen LogP contribution >= 0.6 is 0 Å². The van der Waals surface area contributed by atoms with Gasteiger partial charge in [-0.2, -0.15) is 0 Å². The zero-order chi connectivity index (χ0) is 19.1. The summed E-state index contributed by atoms with van der Waals surface area (Å²) in [4.78, 5) is 29.7. The Bertz CT molecular complexity index is 754. The first-order chi connectivity index (χ1) is 12.4. The number of benzene rings is 1. The van der Waals surface area contributed by atoms with Crippen LogP contribution in [0.25, 0.3) is 10.9 Å². The lowest BCUT2D eigenvalue weighted by Crippen LogP contribution is -2.30. The number of rotatable bonds is 9. The summed E-state index contributed by atoms with van der Waals surface area (Å²) >= 11 is 0. The van der Waals surface area contributed by atoms with E-state index in [1.165, 1.54) is 4.90 Å². The van der Waals surface area contributed by atoms with Crippen LogP contribution in [-0.4, -0.2) is 66.2 Å². The Hall–Kier alpha value is -2.54. The number of hydrogen-bond acceptors (Lipinski definition) is 4. The summed E-state index contributed by atoms with van der Waals surface area (Å²) in [6.45, 7) is 1.36. The number of carboxylic acids is 1. The monoisotopic (exact) mass is 361 g/mol. The van der Waals surface area contributed by atoms with Gasteiger partial charge in [-0.15, -0.1) is 0 Å². The smallest absolute Gasteiger partial charge is 0.414 e. The molecule has 0 radical (unpaired) electrons. The van der Waals surface area contributed by atoms with Gasteiger partial charge >= 0.3 is 12.1 Å². The third kappa shape index (κ3) is 5.49. The van der Waals surface area contributed by atoms with E-state index in [4.69, 9.17) is 9.84 Å². The molecular formula is C19H27N3O4. The van der Waals surface area contributed by atoms with Gasteiger partial charge in [0.05, 0.1) is 0 Å². The van der Waals surface area contributed by atoms with Gasteiger partial charge in [0.1, 0.15) is 5.75 Å². The normalized spacial score (nSPS) is 11.1. The predicted molar refractivity (Wildman–Crippen MR) is 101 cm³/mol. The Kier molecular flexibility index (Phi) is 7.03. The Balaban J connectivity index is 2.03. The van der Waals surface area contributed by atoms with Gasteiger partial charge in [0.25, 0.3) is 0 Å². The largest absolute Gasteiger partial charge is 0.481 e. The maximum atomic E-state index is 12.4. The van der Waals surface area contributed by atoms with E-state index < -0.39 is 12.1 Å². The first kappa shape index (κ1) is 19.8. The van der Waals surface area contributed by atoms with Gasteiger partial charge in [-0.3, -0.25) is 4.79 Å². The lowest BCUT2D eigenvalue weighted by molar-refractivity contribution is -0.137. The number of nitrogens with one attached hydrogen (secondary N) is 1. The number of carbonyl (C=O) groups excluding carboxylic acids is 1. The highest BCUT2D eigenvalue weighted by Crippen LogP contribution is 2.29. The van der Waals surface area contributed by atoms with Crippen LogP contribution in [0.4, 0.5) is 4.79 Å². The predicted octanol–water partition coefficient (Wildman–Crippen LogP) is 2.96. The van der Waals surface area contributed by atoms with Gasteiger partial charge in [-0.25, -0.2) is 4.79 Å². The second-order valence-corrected chi connectivity index (χ2v) is 6.69. The van der Waals surface area contributed by atoms with Crippen LogP contribution in [0.1, 0.15) is 24.8 Å². The summed E-state index contributed by atoms with van der Waals surface area (Å²) < 4.78 is 5.61. The highest BCUT2D eigenvalue weighted by molar-refractivity contribution is 5.91. The molecule has 1 amide bonds. The number of amides is 1. The Morgan fingerprint density at radius 2 is 1.92 bits per heavy atom. The maximum absolute atomic E-state index is 12.4. The number of ether oxygens (including phenoxy) is 1. The van der Waals surface area contributed by atoms with Crippen LogP contribution < -0.4 is 4.74 Å². The number of aliphatic carboxylic acids is 1. The minimum atomic E-state index is -0.820. The van der Waals surface area contributed by atoms with Crippen molar-refractivity contribution in [2.75, 3.05) is 34.2 Å². The first-order valence-electron chi connectivity index (χ1n) is 8.77. The number of aromatic amines is 1. The molecule has 0 atom stereocenters. The number of fused-ring (bicyclic) bond motifs is 1. The van der Waals surface area contributed by atoms with Crippen LogP contribution in [0.5, 0.6) is 5.75 Å². The van der Waals surface area contributed by atoms with E-state index >= 15 is 0 Å². The molecule has 1 aromatic carbocycles. The number of H-pyrrole nitrogens is 1. The van der Waals surface area contributed by atoms with Crippen molar-refractivity contribution in [2.24, 2.45) is 0 Å². The minimum Gasteiger partial charge on any atom is -0.481 e. The third-order valence-electron chi connectivity index (χ3n) is 4.22. The highest BCUT2D eigenvalue weighted by Gasteiger charge is 2.16. The van der Waals surface area contributed by atoms with E-state index in [-0.39, 0.29) is 6.42 Å². The van der Waals surface area contributed by atoms with Gasteiger partial charge < -0.3 is 24.6 Å². The fourth-order valence-electron chi connectivity index (χ4n) is 2.73. The standard InChI is InChI=1S/C19H27N3O4/c1-21(2)12-10-14-13-20-15-7-6-8-16(18(14)15)26-19(25)22(3)11-5-4-9-17(23)24/h6-8,13,20H,4-5,9-12H2,1-3H3,(H,23,24). The molecular weight excluding hydrogens is 334 g/mol. The molecule has 142 valence electrons. The van der Waals surface area contributed by atoms with Crippen molar-refractivity contribution < 1.29 is 19.4 Å². The minimum absolute atomic E-state index is 0.112. The number of carbonyl (C=O) groups is 2. The van der Waals surface area contributed by atoms with Gasteiger partial charge in [0.15, 0.2) is 0 Å². The molecule has 26 heavy (non-hydrogen) atoms. The number of carboxylic acid groups (broad SMARTS) is 1. The van der Waals surface area contributed by atoms with E-state index in [0.717, 1.165) is 29.4 Å². The maximum Gasteiger partial charge on any atom is 0.414 e. The molecule has 0 unspecified atom stereocenters. The van der Waals surface area contributed by atoms with Crippen molar-refractivity contribution in [1.29, 1.82) is 0 Å². The van der Waals surface area contributed by atoms with Gasteiger partial charge in [0.2, 0.25) is 0 Å². The van der Waals surface area contributed by atoms with E-state index in [9.17, 15) is 9.59 Å². The van der Waals surface area contributed by atoms with Crippen LogP contribution in [0, 0.1) is 0 Å². The molecule has 2 N–H and O–H groups in total. The molecule has 2 aromatic rings. The molecule has 7 heteroatoms. The van der Waals surface area contributed by atoms with Gasteiger partial charge in [-0.05, 0) is 51.1 Å². The number of unbranched alkanes of at least 4 members (excludes halogenated alkanes) is 1. The number of likely N-dealkylation sites (N-methyl/N-ethyl adjacent to an activating group) is 1. The summed E-state index contributed by atoms with van der Waals surface area (Å²) in [6, 6.07) is 5.61. The number of nitrogens with zero attached hydrogens (tertiary/aromatic N) is 2. The summed E-state index contributed by atoms with van der Waals surface area (Å²) in [7, 11) is 5.71. The summed E-state index contributed by atoms with van der Waals surface area (Å²) in [5.41, 5.74) is 2.05. The van der Waals surface area contributed by atoms with E-state index in [2.05, 4.69) is 9.88 Å². The Labute approximate surface area is 153 Å². The summed E-state index contributed by atoms with van der Waals surface area (Å²) in [6.07, 6.45) is 3.65. The molecule has 0 aliphatic carbocycles. The third-order valence-corrected chi connectivity index (χ3v) is 4.22. The van der Waals surface area contributed by atoms with Crippen LogP contribution in [0.2, 0.25) is 0 Å². The molecule has 7 nitrogen and oxygen atoms in total. The van der Waals surface area contributed by atoms with E-state index in [1.54, 1.807) is 13.1 Å². The summed E-state index contributed by atoms with van der Waals surface area (Å²) in [5.74, 6) is -0.278. The fraction of sp³-hybridized carbons (Fsp3) is 0.474. The van der Waals surface area contributed by atoms with Crippen molar-refractivity contribution in [2.45, 2.75) is 25.7 Å². The molecule has 0 fully saturated rings. The van der Waals surface area contributed by atoms with Crippen LogP contribution in [0.15, 0.2) is 24.4 Å². The zero-order valence-electron chi connectivity index (χ0n) is 15.6. The van der Waals surface area contributed by atoms with Crippen molar-refractivity contribution >= 4 is 23.0 Å². The Morgan fingerprint density at radius 3 is 2.62 bits per heavy atom. The summed E-state index contributed by atoms with van der Waals surface area (Å²) in [5, 5.41) is 9.59. The second-order valence-electron chi connectivity index (χ2n) is 6.69. The Morgan fingerprint density at radius 1 is 1.15 bits per heavy atom. The van der Waals surface area contributed by atoms with E-state index in [0.29, 0.717) is 25.1 Å². The average molecular weight is 361 g/mol. The molecule has 0 bridgehead atoms. The lowest BCUT2D eigenvalue weighted by atomic mass is 10.1. The van der Waals surface area contributed by atoms with Gasteiger partial charge in [0, 0.05) is 43.7 Å². The van der Waals surface area contributed by atoms with Crippen molar-refractivity contribution in [3.63, 3.8) is 0 Å². The fourth-order valence-corrected chi connectivity index (χ4v) is 2.73. The molecule has 0 spiro atoms. The average Bonchev–Trinajstić information content (AvgIpc) is 3.00.